The van der Waals surface area contributed by atoms with Crippen molar-refractivity contribution < 1.29 is 14.7 Å². The molecule has 1 N–H and O–H groups in total. The maximum absolute atomic E-state index is 12.3. The molecule has 19 heavy (non-hydrogen) atoms. The Morgan fingerprint density at radius 2 is 1.95 bits per heavy atom. The van der Waals surface area contributed by atoms with Crippen LogP contribution < -0.4 is 4.90 Å². The first-order valence-corrected chi connectivity index (χ1v) is 6.24. The Balaban J connectivity index is 2.84. The molecule has 0 bridgehead atoms. The first kappa shape index (κ1) is 15.0. The van der Waals surface area contributed by atoms with E-state index in [4.69, 9.17) is 5.11 Å². The van der Waals surface area contributed by atoms with Gasteiger partial charge >= 0.3 is 5.97 Å². The predicted molar refractivity (Wildman–Crippen MR) is 74.6 cm³/mol. The van der Waals surface area contributed by atoms with E-state index >= 15 is 0 Å². The molecule has 0 aromatic heterocycles. The van der Waals surface area contributed by atoms with E-state index in [-0.39, 0.29) is 18.9 Å². The zero-order chi connectivity index (χ0) is 14.4. The first-order valence-electron chi connectivity index (χ1n) is 6.24. The van der Waals surface area contributed by atoms with Crippen LogP contribution in [0.3, 0.4) is 0 Å². The van der Waals surface area contributed by atoms with Crippen LogP contribution in [0.1, 0.15) is 23.7 Å². The summed E-state index contributed by atoms with van der Waals surface area (Å²) in [7, 11) is 3.82. The standard InChI is InChI=1S/C14H20N2O3/c1-4-16(9-8-13(17)18)14(19)11-6-5-7-12(10-11)15(2)3/h5-7,10H,4,8-9H2,1-3H3,(H,17,18). The molecule has 0 heterocycles. The molecule has 1 aromatic rings. The van der Waals surface area contributed by atoms with Gasteiger partial charge in [0.2, 0.25) is 0 Å². The number of hydrogen-bond acceptors (Lipinski definition) is 3. The van der Waals surface area contributed by atoms with Gasteiger partial charge in [0.15, 0.2) is 0 Å². The quantitative estimate of drug-likeness (QED) is 0.849. The van der Waals surface area contributed by atoms with Crippen molar-refractivity contribution in [1.82, 2.24) is 4.90 Å². The summed E-state index contributed by atoms with van der Waals surface area (Å²) in [6, 6.07) is 7.31. The zero-order valence-electron chi connectivity index (χ0n) is 11.6. The molecule has 0 spiro atoms. The van der Waals surface area contributed by atoms with Crippen molar-refractivity contribution in [3.05, 3.63) is 29.8 Å². The van der Waals surface area contributed by atoms with E-state index in [2.05, 4.69) is 0 Å². The molecule has 5 nitrogen and oxygen atoms in total. The summed E-state index contributed by atoms with van der Waals surface area (Å²) in [6.45, 7) is 2.57. The third-order valence-corrected chi connectivity index (χ3v) is 2.87. The van der Waals surface area contributed by atoms with Crippen LogP contribution in [-0.4, -0.2) is 49.1 Å². The molecule has 1 amide bonds. The molecule has 0 aliphatic carbocycles. The molecular weight excluding hydrogens is 244 g/mol. The van der Waals surface area contributed by atoms with Gasteiger partial charge in [0.25, 0.3) is 5.91 Å². The molecule has 0 fully saturated rings. The lowest BCUT2D eigenvalue weighted by molar-refractivity contribution is -0.137. The molecule has 0 radical (unpaired) electrons. The van der Waals surface area contributed by atoms with E-state index in [1.807, 2.05) is 44.1 Å². The monoisotopic (exact) mass is 264 g/mol. The Morgan fingerprint density at radius 3 is 2.47 bits per heavy atom. The molecular formula is C14H20N2O3. The van der Waals surface area contributed by atoms with Crippen molar-refractivity contribution in [2.75, 3.05) is 32.1 Å². The summed E-state index contributed by atoms with van der Waals surface area (Å²) in [5.41, 5.74) is 1.53. The lowest BCUT2D eigenvalue weighted by atomic mass is 10.1. The van der Waals surface area contributed by atoms with Gasteiger partial charge in [0.05, 0.1) is 6.42 Å². The molecule has 0 atom stereocenters. The van der Waals surface area contributed by atoms with Gasteiger partial charge in [-0.25, -0.2) is 0 Å². The van der Waals surface area contributed by atoms with E-state index in [1.165, 1.54) is 0 Å². The number of aliphatic carboxylic acids is 1. The Morgan fingerprint density at radius 1 is 1.26 bits per heavy atom. The lowest BCUT2D eigenvalue weighted by Gasteiger charge is -2.21. The summed E-state index contributed by atoms with van der Waals surface area (Å²) < 4.78 is 0. The highest BCUT2D eigenvalue weighted by Gasteiger charge is 2.15. The maximum atomic E-state index is 12.3. The molecule has 0 unspecified atom stereocenters. The number of benzene rings is 1. The van der Waals surface area contributed by atoms with Gasteiger partial charge in [-0.1, -0.05) is 6.07 Å². The van der Waals surface area contributed by atoms with Crippen LogP contribution in [0.15, 0.2) is 24.3 Å². The second-order valence-electron chi connectivity index (χ2n) is 4.47. The van der Waals surface area contributed by atoms with Gasteiger partial charge in [-0.15, -0.1) is 0 Å². The summed E-state index contributed by atoms with van der Waals surface area (Å²) in [6.07, 6.45) is -0.0348. The van der Waals surface area contributed by atoms with Gasteiger partial charge in [-0.2, -0.15) is 0 Å². The van der Waals surface area contributed by atoms with Crippen LogP contribution >= 0.6 is 0 Å². The van der Waals surface area contributed by atoms with Gasteiger partial charge in [0.1, 0.15) is 0 Å². The highest BCUT2D eigenvalue weighted by molar-refractivity contribution is 5.95. The minimum absolute atomic E-state index is 0.0348. The van der Waals surface area contributed by atoms with E-state index < -0.39 is 5.97 Å². The minimum Gasteiger partial charge on any atom is -0.481 e. The SMILES string of the molecule is CCN(CCC(=O)O)C(=O)c1cccc(N(C)C)c1. The second kappa shape index (κ2) is 6.78. The highest BCUT2D eigenvalue weighted by atomic mass is 16.4. The predicted octanol–water partition coefficient (Wildman–Crippen LogP) is 1.69. The summed E-state index contributed by atoms with van der Waals surface area (Å²) in [5, 5.41) is 8.68. The number of anilines is 1. The van der Waals surface area contributed by atoms with Crippen LogP contribution in [0.5, 0.6) is 0 Å². The topological polar surface area (TPSA) is 60.9 Å². The fraction of sp³-hybridized carbons (Fsp3) is 0.429. The number of carbonyl (C=O) groups is 2. The molecule has 0 saturated carbocycles. The molecule has 1 aromatic carbocycles. The number of amides is 1. The lowest BCUT2D eigenvalue weighted by Crippen LogP contribution is -2.32. The minimum atomic E-state index is -0.895. The normalized spacial score (nSPS) is 10.1. The number of carbonyl (C=O) groups excluding carboxylic acids is 1. The number of carboxylic acid groups (broad SMARTS) is 1. The molecule has 0 aliphatic heterocycles. The van der Waals surface area contributed by atoms with E-state index in [9.17, 15) is 9.59 Å². The van der Waals surface area contributed by atoms with Crippen molar-refractivity contribution >= 4 is 17.6 Å². The van der Waals surface area contributed by atoms with Crippen molar-refractivity contribution in [3.8, 4) is 0 Å². The summed E-state index contributed by atoms with van der Waals surface area (Å²) in [4.78, 5) is 26.3. The summed E-state index contributed by atoms with van der Waals surface area (Å²) in [5.74, 6) is -1.03. The number of nitrogens with zero attached hydrogens (tertiary/aromatic N) is 2. The first-order chi connectivity index (χ1) is 8.95. The average Bonchev–Trinajstić information content (AvgIpc) is 2.39. The second-order valence-corrected chi connectivity index (χ2v) is 4.47. The Bertz CT molecular complexity index is 458. The van der Waals surface area contributed by atoms with E-state index in [0.717, 1.165) is 5.69 Å². The molecule has 1 rings (SSSR count). The van der Waals surface area contributed by atoms with Crippen LogP contribution in [0.25, 0.3) is 0 Å². The molecule has 0 aliphatic rings. The number of rotatable bonds is 6. The zero-order valence-corrected chi connectivity index (χ0v) is 11.6. The van der Waals surface area contributed by atoms with Crippen LogP contribution in [-0.2, 0) is 4.79 Å². The Labute approximate surface area is 113 Å². The van der Waals surface area contributed by atoms with E-state index in [1.54, 1.807) is 11.0 Å². The molecule has 104 valence electrons. The van der Waals surface area contributed by atoms with Crippen molar-refractivity contribution in [3.63, 3.8) is 0 Å². The van der Waals surface area contributed by atoms with Crippen molar-refractivity contribution in [2.24, 2.45) is 0 Å². The van der Waals surface area contributed by atoms with Gasteiger partial charge in [-0.05, 0) is 25.1 Å². The highest BCUT2D eigenvalue weighted by Crippen LogP contribution is 2.15. The van der Waals surface area contributed by atoms with E-state index in [0.29, 0.717) is 12.1 Å². The van der Waals surface area contributed by atoms with Gasteiger partial charge in [0, 0.05) is 38.4 Å². The number of carboxylic acids is 1. The number of hydrogen-bond donors (Lipinski definition) is 1. The molecule has 0 saturated heterocycles. The molecule has 5 heteroatoms. The van der Waals surface area contributed by atoms with Crippen LogP contribution in [0.4, 0.5) is 5.69 Å². The van der Waals surface area contributed by atoms with Gasteiger partial charge < -0.3 is 14.9 Å². The Hall–Kier alpha value is -2.04. The van der Waals surface area contributed by atoms with Crippen LogP contribution in [0.2, 0.25) is 0 Å². The fourth-order valence-corrected chi connectivity index (χ4v) is 1.73. The Kier molecular flexibility index (Phi) is 5.36. The van der Waals surface area contributed by atoms with Gasteiger partial charge in [-0.3, -0.25) is 9.59 Å². The largest absolute Gasteiger partial charge is 0.481 e. The van der Waals surface area contributed by atoms with Crippen molar-refractivity contribution in [2.45, 2.75) is 13.3 Å². The third kappa shape index (κ3) is 4.28. The third-order valence-electron chi connectivity index (χ3n) is 2.87. The maximum Gasteiger partial charge on any atom is 0.305 e. The smallest absolute Gasteiger partial charge is 0.305 e. The van der Waals surface area contributed by atoms with Crippen LogP contribution in [0, 0.1) is 0 Å². The summed E-state index contributed by atoms with van der Waals surface area (Å²) >= 11 is 0. The fourth-order valence-electron chi connectivity index (χ4n) is 1.73. The van der Waals surface area contributed by atoms with Crippen molar-refractivity contribution in [1.29, 1.82) is 0 Å². The average molecular weight is 264 g/mol.